The molecule has 0 saturated heterocycles. The quantitative estimate of drug-likeness (QED) is 0.487. The number of carbonyl (C=O) groups is 1. The normalized spacial score (nSPS) is 11.1. The number of benzene rings is 3. The van der Waals surface area contributed by atoms with Gasteiger partial charge in [0.1, 0.15) is 18.1 Å². The van der Waals surface area contributed by atoms with Crippen LogP contribution in [0, 0.1) is 5.82 Å². The van der Waals surface area contributed by atoms with Gasteiger partial charge in [-0.15, -0.1) is 0 Å². The Labute approximate surface area is 187 Å². The van der Waals surface area contributed by atoms with Gasteiger partial charge < -0.3 is 9.64 Å². The van der Waals surface area contributed by atoms with Crippen molar-refractivity contribution in [2.45, 2.75) is 18.4 Å². The summed E-state index contributed by atoms with van der Waals surface area (Å²) in [7, 11) is -2.48. The fourth-order valence-electron chi connectivity index (χ4n) is 3.11. The Morgan fingerprint density at radius 2 is 1.56 bits per heavy atom. The molecule has 0 N–H and O–H groups in total. The number of halogens is 1. The average Bonchev–Trinajstić information content (AvgIpc) is 2.79. The first-order chi connectivity index (χ1) is 15.3. The van der Waals surface area contributed by atoms with E-state index in [2.05, 4.69) is 0 Å². The van der Waals surface area contributed by atoms with Crippen molar-refractivity contribution < 1.29 is 22.3 Å². The molecule has 3 aromatic carbocycles. The summed E-state index contributed by atoms with van der Waals surface area (Å²) in [6, 6.07) is 20.4. The zero-order valence-corrected chi connectivity index (χ0v) is 18.8. The van der Waals surface area contributed by atoms with Crippen LogP contribution in [0.5, 0.6) is 5.75 Å². The highest BCUT2D eigenvalue weighted by molar-refractivity contribution is 7.92. The van der Waals surface area contributed by atoms with Crippen LogP contribution in [0.1, 0.15) is 12.5 Å². The van der Waals surface area contributed by atoms with E-state index in [9.17, 15) is 17.6 Å². The number of ether oxygens (including phenoxy) is 1. The molecular weight excluding hydrogens is 431 g/mol. The van der Waals surface area contributed by atoms with Crippen LogP contribution in [-0.2, 0) is 21.4 Å². The van der Waals surface area contributed by atoms with Gasteiger partial charge in [-0.2, -0.15) is 0 Å². The highest BCUT2D eigenvalue weighted by Crippen LogP contribution is 2.25. The summed E-state index contributed by atoms with van der Waals surface area (Å²) in [5.41, 5.74) is 1.12. The number of rotatable bonds is 9. The van der Waals surface area contributed by atoms with Crippen molar-refractivity contribution in [1.82, 2.24) is 4.90 Å². The molecule has 0 spiro atoms. The summed E-state index contributed by atoms with van der Waals surface area (Å²) in [5, 5.41) is 0. The third-order valence-electron chi connectivity index (χ3n) is 4.80. The molecule has 1 amide bonds. The van der Waals surface area contributed by atoms with Gasteiger partial charge in [-0.1, -0.05) is 30.3 Å². The first-order valence-electron chi connectivity index (χ1n) is 10.1. The summed E-state index contributed by atoms with van der Waals surface area (Å²) in [5.74, 6) is -0.356. The number of sulfonamides is 1. The number of nitrogens with zero attached hydrogens (tertiary/aromatic N) is 2. The second kappa shape index (κ2) is 10.3. The van der Waals surface area contributed by atoms with Gasteiger partial charge in [0.15, 0.2) is 0 Å². The largest absolute Gasteiger partial charge is 0.494 e. The van der Waals surface area contributed by atoms with E-state index in [1.54, 1.807) is 19.2 Å². The van der Waals surface area contributed by atoms with Gasteiger partial charge in [0.2, 0.25) is 5.91 Å². The van der Waals surface area contributed by atoms with Crippen LogP contribution in [0.25, 0.3) is 0 Å². The molecule has 8 heteroatoms. The van der Waals surface area contributed by atoms with Crippen molar-refractivity contribution in [2.24, 2.45) is 0 Å². The van der Waals surface area contributed by atoms with Crippen LogP contribution < -0.4 is 9.04 Å². The molecule has 0 saturated carbocycles. The van der Waals surface area contributed by atoms with Crippen LogP contribution in [0.2, 0.25) is 0 Å². The van der Waals surface area contributed by atoms with Crippen molar-refractivity contribution in [3.63, 3.8) is 0 Å². The molecule has 3 rings (SSSR count). The SMILES string of the molecule is CCOc1ccc(S(=O)(=O)N(CC(=O)N(C)Cc2ccccc2)c2ccc(F)cc2)cc1. The minimum atomic E-state index is -4.09. The summed E-state index contributed by atoms with van der Waals surface area (Å²) >= 11 is 0. The van der Waals surface area contributed by atoms with Gasteiger partial charge in [-0.05, 0) is 61.0 Å². The molecule has 0 fully saturated rings. The predicted molar refractivity (Wildman–Crippen MR) is 121 cm³/mol. The van der Waals surface area contributed by atoms with Gasteiger partial charge in [0.05, 0.1) is 17.2 Å². The van der Waals surface area contributed by atoms with Crippen molar-refractivity contribution in [2.75, 3.05) is 24.5 Å². The Bertz CT molecular complexity index is 1130. The Morgan fingerprint density at radius 1 is 0.938 bits per heavy atom. The van der Waals surface area contributed by atoms with Gasteiger partial charge in [-0.3, -0.25) is 9.10 Å². The highest BCUT2D eigenvalue weighted by Gasteiger charge is 2.28. The molecular formula is C24H25FN2O4S. The summed E-state index contributed by atoms with van der Waals surface area (Å²) in [4.78, 5) is 14.4. The second-order valence-electron chi connectivity index (χ2n) is 7.13. The lowest BCUT2D eigenvalue weighted by Crippen LogP contribution is -2.41. The van der Waals surface area contributed by atoms with Gasteiger partial charge in [0.25, 0.3) is 10.0 Å². The fourth-order valence-corrected chi connectivity index (χ4v) is 4.53. The van der Waals surface area contributed by atoms with Gasteiger partial charge >= 0.3 is 0 Å². The lowest BCUT2D eigenvalue weighted by Gasteiger charge is -2.27. The molecule has 3 aromatic rings. The van der Waals surface area contributed by atoms with E-state index >= 15 is 0 Å². The van der Waals surface area contributed by atoms with Crippen molar-refractivity contribution in [1.29, 1.82) is 0 Å². The molecule has 6 nitrogen and oxygen atoms in total. The maximum absolute atomic E-state index is 13.5. The molecule has 32 heavy (non-hydrogen) atoms. The molecule has 0 aromatic heterocycles. The third kappa shape index (κ3) is 5.64. The molecule has 0 heterocycles. The Kier molecular flexibility index (Phi) is 7.48. The van der Waals surface area contributed by atoms with Crippen molar-refractivity contribution in [3.05, 3.63) is 90.2 Å². The lowest BCUT2D eigenvalue weighted by molar-refractivity contribution is -0.128. The van der Waals surface area contributed by atoms with Crippen molar-refractivity contribution >= 4 is 21.6 Å². The maximum Gasteiger partial charge on any atom is 0.264 e. The van der Waals surface area contributed by atoms with E-state index in [-0.39, 0.29) is 10.6 Å². The molecule has 0 atom stereocenters. The van der Waals surface area contributed by atoms with E-state index in [0.717, 1.165) is 22.0 Å². The number of hydrogen-bond acceptors (Lipinski definition) is 4. The minimum absolute atomic E-state index is 0.00351. The Hall–Kier alpha value is -3.39. The first kappa shape index (κ1) is 23.3. The molecule has 0 unspecified atom stereocenters. The average molecular weight is 457 g/mol. The number of amides is 1. The molecule has 0 bridgehead atoms. The zero-order chi connectivity index (χ0) is 23.1. The predicted octanol–water partition coefficient (Wildman–Crippen LogP) is 4.08. The minimum Gasteiger partial charge on any atom is -0.494 e. The van der Waals surface area contributed by atoms with Gasteiger partial charge in [0, 0.05) is 13.6 Å². The van der Waals surface area contributed by atoms with E-state index < -0.39 is 28.3 Å². The van der Waals surface area contributed by atoms with Crippen LogP contribution >= 0.6 is 0 Å². The summed E-state index contributed by atoms with van der Waals surface area (Å²) < 4.78 is 46.7. The van der Waals surface area contributed by atoms with Crippen LogP contribution in [-0.4, -0.2) is 39.4 Å². The molecule has 0 aliphatic heterocycles. The third-order valence-corrected chi connectivity index (χ3v) is 6.59. The monoisotopic (exact) mass is 456 g/mol. The van der Waals surface area contributed by atoms with E-state index in [4.69, 9.17) is 4.74 Å². The van der Waals surface area contributed by atoms with Crippen LogP contribution in [0.15, 0.2) is 83.8 Å². The number of anilines is 1. The van der Waals surface area contributed by atoms with E-state index in [1.807, 2.05) is 37.3 Å². The molecule has 0 aliphatic carbocycles. The Morgan fingerprint density at radius 3 is 2.16 bits per heavy atom. The fraction of sp³-hybridized carbons (Fsp3) is 0.208. The smallest absolute Gasteiger partial charge is 0.264 e. The zero-order valence-electron chi connectivity index (χ0n) is 17.9. The van der Waals surface area contributed by atoms with Crippen LogP contribution in [0.4, 0.5) is 10.1 Å². The molecule has 0 aliphatic rings. The number of hydrogen-bond donors (Lipinski definition) is 0. The first-order valence-corrected chi connectivity index (χ1v) is 11.5. The number of likely N-dealkylation sites (N-methyl/N-ethyl adjacent to an activating group) is 1. The molecule has 0 radical (unpaired) electrons. The summed E-state index contributed by atoms with van der Waals surface area (Å²) in [6.07, 6.45) is 0. The highest BCUT2D eigenvalue weighted by atomic mass is 32.2. The topological polar surface area (TPSA) is 66.9 Å². The second-order valence-corrected chi connectivity index (χ2v) is 8.99. The number of carbonyl (C=O) groups excluding carboxylic acids is 1. The van der Waals surface area contributed by atoms with E-state index in [1.165, 1.54) is 29.2 Å². The standard InChI is InChI=1S/C24H25FN2O4S/c1-3-31-22-13-15-23(16-14-22)32(29,30)27(21-11-9-20(25)10-12-21)18-24(28)26(2)17-19-7-5-4-6-8-19/h4-16H,3,17-18H2,1-2H3. The van der Waals surface area contributed by atoms with Gasteiger partial charge in [-0.25, -0.2) is 12.8 Å². The lowest BCUT2D eigenvalue weighted by atomic mass is 10.2. The van der Waals surface area contributed by atoms with Crippen molar-refractivity contribution in [3.8, 4) is 5.75 Å². The van der Waals surface area contributed by atoms with E-state index in [0.29, 0.717) is 18.9 Å². The van der Waals surface area contributed by atoms with Crippen LogP contribution in [0.3, 0.4) is 0 Å². The Balaban J connectivity index is 1.89. The summed E-state index contributed by atoms with van der Waals surface area (Å²) in [6.45, 7) is 2.19. The maximum atomic E-state index is 13.5. The molecule has 168 valence electrons.